The number of benzene rings is 2. The molecule has 1 N–H and O–H groups in total. The van der Waals surface area contributed by atoms with E-state index >= 15 is 0 Å². The maximum Gasteiger partial charge on any atom is 0.261 e. The molecule has 1 unspecified atom stereocenters. The Bertz CT molecular complexity index is 720. The Hall–Kier alpha value is -1.98. The molecule has 1 aliphatic heterocycles. The molecule has 0 aliphatic carbocycles. The summed E-state index contributed by atoms with van der Waals surface area (Å²) in [7, 11) is 0. The van der Waals surface area contributed by atoms with Gasteiger partial charge in [0.05, 0.1) is 5.69 Å². The van der Waals surface area contributed by atoms with Crippen molar-refractivity contribution in [1.29, 1.82) is 0 Å². The fourth-order valence-electron chi connectivity index (χ4n) is 2.24. The summed E-state index contributed by atoms with van der Waals surface area (Å²) < 4.78 is 27.2. The normalized spacial score (nSPS) is 17.5. The van der Waals surface area contributed by atoms with Crippen molar-refractivity contribution in [3.8, 4) is 0 Å². The number of anilines is 1. The minimum atomic E-state index is -1.32. The lowest BCUT2D eigenvalue weighted by atomic mass is 10.1. The van der Waals surface area contributed by atoms with E-state index in [-0.39, 0.29) is 11.3 Å². The molecule has 3 rings (SSSR count). The van der Waals surface area contributed by atoms with Gasteiger partial charge in [-0.2, -0.15) is 0 Å². The van der Waals surface area contributed by atoms with E-state index in [9.17, 15) is 18.7 Å². The van der Waals surface area contributed by atoms with E-state index in [0.717, 1.165) is 17.0 Å². The van der Waals surface area contributed by atoms with Gasteiger partial charge in [-0.3, -0.25) is 9.69 Å². The van der Waals surface area contributed by atoms with Gasteiger partial charge in [0.25, 0.3) is 5.91 Å². The van der Waals surface area contributed by atoms with E-state index in [0.29, 0.717) is 5.56 Å². The molecule has 0 saturated carbocycles. The van der Waals surface area contributed by atoms with Crippen molar-refractivity contribution in [2.75, 3.05) is 4.90 Å². The van der Waals surface area contributed by atoms with Gasteiger partial charge in [-0.15, -0.1) is 0 Å². The summed E-state index contributed by atoms with van der Waals surface area (Å²) in [5, 5.41) is 9.44. The van der Waals surface area contributed by atoms with Crippen molar-refractivity contribution < 1.29 is 18.7 Å². The fraction of sp³-hybridized carbons (Fsp3) is 0.0714. The molecule has 20 heavy (non-hydrogen) atoms. The van der Waals surface area contributed by atoms with E-state index in [4.69, 9.17) is 11.6 Å². The molecule has 1 heterocycles. The Morgan fingerprint density at radius 1 is 1.15 bits per heavy atom. The third-order valence-corrected chi connectivity index (χ3v) is 3.55. The Kier molecular flexibility index (Phi) is 2.96. The topological polar surface area (TPSA) is 40.5 Å². The first-order valence-electron chi connectivity index (χ1n) is 5.76. The molecule has 3 nitrogen and oxygen atoms in total. The fourth-order valence-corrected chi connectivity index (χ4v) is 2.40. The Balaban J connectivity index is 2.14. The Morgan fingerprint density at radius 3 is 2.55 bits per heavy atom. The zero-order valence-electron chi connectivity index (χ0n) is 9.98. The SMILES string of the molecule is O=C1c2ccccc2C(O)N1c1ccc(F)c(Cl)c1F. The smallest absolute Gasteiger partial charge is 0.261 e. The van der Waals surface area contributed by atoms with Gasteiger partial charge in [-0.1, -0.05) is 29.8 Å². The molecule has 6 heteroatoms. The average Bonchev–Trinajstić information content (AvgIpc) is 2.70. The number of hydrogen-bond donors (Lipinski definition) is 1. The van der Waals surface area contributed by atoms with Crippen LogP contribution >= 0.6 is 11.6 Å². The van der Waals surface area contributed by atoms with Crippen molar-refractivity contribution in [2.24, 2.45) is 0 Å². The van der Waals surface area contributed by atoms with E-state index in [1.165, 1.54) is 6.07 Å². The number of fused-ring (bicyclic) bond motifs is 1. The first-order valence-corrected chi connectivity index (χ1v) is 6.14. The number of carbonyl (C=O) groups excluding carboxylic acids is 1. The first kappa shape index (κ1) is 13.0. The van der Waals surface area contributed by atoms with Crippen molar-refractivity contribution >= 4 is 23.2 Å². The predicted molar refractivity (Wildman–Crippen MR) is 69.6 cm³/mol. The van der Waals surface area contributed by atoms with Gasteiger partial charge in [0.2, 0.25) is 0 Å². The molecule has 2 aromatic carbocycles. The van der Waals surface area contributed by atoms with Crippen LogP contribution in [0.4, 0.5) is 14.5 Å². The molecule has 0 spiro atoms. The standard InChI is InChI=1S/C14H8ClF2NO2/c15-11-9(16)5-6-10(12(11)17)18-13(19)7-3-1-2-4-8(7)14(18)20/h1-6,13,19H. The highest BCUT2D eigenvalue weighted by atomic mass is 35.5. The van der Waals surface area contributed by atoms with Crippen LogP contribution in [0.5, 0.6) is 0 Å². The molecule has 1 amide bonds. The van der Waals surface area contributed by atoms with E-state index in [1.54, 1.807) is 18.2 Å². The molecular formula is C14H8ClF2NO2. The van der Waals surface area contributed by atoms with Gasteiger partial charge >= 0.3 is 0 Å². The minimum Gasteiger partial charge on any atom is -0.369 e. The molecule has 1 atom stereocenters. The highest BCUT2D eigenvalue weighted by molar-refractivity contribution is 6.31. The lowest BCUT2D eigenvalue weighted by Crippen LogP contribution is -2.28. The zero-order valence-corrected chi connectivity index (χ0v) is 10.7. The van der Waals surface area contributed by atoms with Crippen LogP contribution in [0.2, 0.25) is 5.02 Å². The Labute approximate surface area is 118 Å². The summed E-state index contributed by atoms with van der Waals surface area (Å²) in [5.74, 6) is -2.56. The lowest BCUT2D eigenvalue weighted by Gasteiger charge is -2.21. The van der Waals surface area contributed by atoms with Crippen LogP contribution in [-0.4, -0.2) is 11.0 Å². The quantitative estimate of drug-likeness (QED) is 0.820. The van der Waals surface area contributed by atoms with Crippen molar-refractivity contribution in [1.82, 2.24) is 0 Å². The number of amides is 1. The second-order valence-electron chi connectivity index (χ2n) is 4.33. The second kappa shape index (κ2) is 4.54. The largest absolute Gasteiger partial charge is 0.369 e. The van der Waals surface area contributed by atoms with Gasteiger partial charge in [0, 0.05) is 11.1 Å². The van der Waals surface area contributed by atoms with Crippen molar-refractivity contribution in [3.63, 3.8) is 0 Å². The molecule has 0 radical (unpaired) electrons. The van der Waals surface area contributed by atoms with Crippen LogP contribution in [0, 0.1) is 11.6 Å². The highest BCUT2D eigenvalue weighted by Crippen LogP contribution is 2.38. The number of carbonyl (C=O) groups is 1. The monoisotopic (exact) mass is 295 g/mol. The predicted octanol–water partition coefficient (Wildman–Crippen LogP) is 3.27. The Morgan fingerprint density at radius 2 is 1.85 bits per heavy atom. The maximum atomic E-state index is 14.0. The highest BCUT2D eigenvalue weighted by Gasteiger charge is 2.38. The average molecular weight is 296 g/mol. The number of nitrogens with zero attached hydrogens (tertiary/aromatic N) is 1. The van der Waals surface area contributed by atoms with Crippen LogP contribution in [0.1, 0.15) is 22.1 Å². The summed E-state index contributed by atoms with van der Waals surface area (Å²) in [6, 6.07) is 8.42. The van der Waals surface area contributed by atoms with Gasteiger partial charge < -0.3 is 5.11 Å². The maximum absolute atomic E-state index is 14.0. The van der Waals surface area contributed by atoms with E-state index in [1.807, 2.05) is 0 Å². The third kappa shape index (κ3) is 1.71. The van der Waals surface area contributed by atoms with Crippen LogP contribution in [0.3, 0.4) is 0 Å². The molecule has 0 aromatic heterocycles. The van der Waals surface area contributed by atoms with Crippen molar-refractivity contribution in [3.05, 3.63) is 64.2 Å². The van der Waals surface area contributed by atoms with Crippen LogP contribution < -0.4 is 4.90 Å². The molecule has 102 valence electrons. The molecule has 1 aliphatic rings. The zero-order chi connectivity index (χ0) is 14.4. The number of hydrogen-bond acceptors (Lipinski definition) is 2. The lowest BCUT2D eigenvalue weighted by molar-refractivity contribution is 0.0933. The van der Waals surface area contributed by atoms with Gasteiger partial charge in [-0.05, 0) is 18.2 Å². The number of aliphatic hydroxyl groups excluding tert-OH is 1. The summed E-state index contributed by atoms with van der Waals surface area (Å²) in [6.45, 7) is 0. The van der Waals surface area contributed by atoms with Crippen LogP contribution in [-0.2, 0) is 0 Å². The first-order chi connectivity index (χ1) is 9.52. The van der Waals surface area contributed by atoms with Gasteiger partial charge in [0.15, 0.2) is 12.0 Å². The van der Waals surface area contributed by atoms with E-state index in [2.05, 4.69) is 0 Å². The summed E-state index contributed by atoms with van der Waals surface area (Å²) >= 11 is 5.50. The molecule has 0 saturated heterocycles. The summed E-state index contributed by atoms with van der Waals surface area (Å²) in [4.78, 5) is 13.1. The van der Waals surface area contributed by atoms with Gasteiger partial charge in [0.1, 0.15) is 10.8 Å². The molecule has 0 bridgehead atoms. The van der Waals surface area contributed by atoms with Crippen LogP contribution in [0.25, 0.3) is 0 Å². The van der Waals surface area contributed by atoms with Crippen LogP contribution in [0.15, 0.2) is 36.4 Å². The number of rotatable bonds is 1. The summed E-state index contributed by atoms with van der Waals surface area (Å²) in [5.41, 5.74) is 0.391. The molecule has 0 fully saturated rings. The number of aliphatic hydroxyl groups is 1. The van der Waals surface area contributed by atoms with E-state index < -0.39 is 28.8 Å². The molecule has 2 aromatic rings. The second-order valence-corrected chi connectivity index (χ2v) is 4.71. The third-order valence-electron chi connectivity index (χ3n) is 3.21. The molecular weight excluding hydrogens is 288 g/mol. The summed E-state index contributed by atoms with van der Waals surface area (Å²) in [6.07, 6.45) is -1.32. The van der Waals surface area contributed by atoms with Gasteiger partial charge in [-0.25, -0.2) is 8.78 Å². The minimum absolute atomic E-state index is 0.259. The number of halogens is 3. The van der Waals surface area contributed by atoms with Crippen molar-refractivity contribution in [2.45, 2.75) is 6.23 Å².